The number of imidazole rings is 1. The van der Waals surface area contributed by atoms with Gasteiger partial charge in [-0.3, -0.25) is 0 Å². The number of aromatic nitrogens is 3. The molecule has 0 amide bonds. The molecule has 0 fully saturated rings. The lowest BCUT2D eigenvalue weighted by atomic mass is 10.0. The van der Waals surface area contributed by atoms with Crippen molar-refractivity contribution in [2.24, 2.45) is 13.0 Å². The number of carbonyl (C=O) groups is 1. The smallest absolute Gasteiger partial charge is 0.124 e. The Morgan fingerprint density at radius 1 is 1.26 bits per heavy atom. The minimum Gasteiger partial charge on any atom is -0.347 e. The fourth-order valence-electron chi connectivity index (χ4n) is 3.36. The van der Waals surface area contributed by atoms with Crippen LogP contribution >= 0.6 is 0 Å². The fourth-order valence-corrected chi connectivity index (χ4v) is 3.36. The first-order valence-corrected chi connectivity index (χ1v) is 8.07. The number of aryl methyl sites for hydroxylation is 3. The molecule has 120 valence electrons. The van der Waals surface area contributed by atoms with E-state index in [1.165, 1.54) is 22.2 Å². The van der Waals surface area contributed by atoms with E-state index >= 15 is 0 Å². The van der Waals surface area contributed by atoms with E-state index in [4.69, 9.17) is 0 Å². The summed E-state index contributed by atoms with van der Waals surface area (Å²) in [7, 11) is 2.11. The number of rotatable bonds is 6. The van der Waals surface area contributed by atoms with Gasteiger partial charge < -0.3 is 13.9 Å². The maximum absolute atomic E-state index is 11.5. The van der Waals surface area contributed by atoms with Crippen LogP contribution in [0.4, 0.5) is 0 Å². The topological polar surface area (TPSA) is 39.8 Å². The van der Waals surface area contributed by atoms with Crippen molar-refractivity contribution >= 4 is 17.2 Å². The normalized spacial score (nSPS) is 12.7. The molecule has 0 aliphatic rings. The molecule has 2 aromatic heterocycles. The Morgan fingerprint density at radius 2 is 2.04 bits per heavy atom. The van der Waals surface area contributed by atoms with Crippen molar-refractivity contribution in [3.8, 4) is 0 Å². The van der Waals surface area contributed by atoms with Crippen LogP contribution in [0.3, 0.4) is 0 Å². The third-order valence-corrected chi connectivity index (χ3v) is 4.81. The van der Waals surface area contributed by atoms with Gasteiger partial charge in [-0.05, 0) is 38.3 Å². The van der Waals surface area contributed by atoms with Gasteiger partial charge in [0, 0.05) is 48.5 Å². The van der Waals surface area contributed by atoms with Gasteiger partial charge in [0.15, 0.2) is 0 Å². The van der Waals surface area contributed by atoms with Crippen molar-refractivity contribution in [3.05, 3.63) is 53.7 Å². The molecule has 0 radical (unpaired) electrons. The molecule has 4 heteroatoms. The first-order chi connectivity index (χ1) is 11.1. The summed E-state index contributed by atoms with van der Waals surface area (Å²) in [4.78, 5) is 15.7. The Balaban J connectivity index is 1.77. The molecule has 3 aromatic rings. The Kier molecular flexibility index (Phi) is 4.33. The number of hydrogen-bond donors (Lipinski definition) is 0. The van der Waals surface area contributed by atoms with E-state index in [9.17, 15) is 4.79 Å². The largest absolute Gasteiger partial charge is 0.347 e. The van der Waals surface area contributed by atoms with Crippen LogP contribution in [0.25, 0.3) is 10.9 Å². The first kappa shape index (κ1) is 15.5. The molecule has 4 nitrogen and oxygen atoms in total. The van der Waals surface area contributed by atoms with Gasteiger partial charge in [-0.1, -0.05) is 18.2 Å². The van der Waals surface area contributed by atoms with Crippen LogP contribution in [0.2, 0.25) is 0 Å². The minimum atomic E-state index is 0.0142. The summed E-state index contributed by atoms with van der Waals surface area (Å²) in [6, 6.07) is 8.47. The molecule has 23 heavy (non-hydrogen) atoms. The fraction of sp³-hybridized carbons (Fsp3) is 0.368. The molecule has 2 heterocycles. The van der Waals surface area contributed by atoms with Crippen LogP contribution in [-0.4, -0.2) is 20.4 Å². The Hall–Kier alpha value is -2.36. The highest BCUT2D eigenvalue weighted by molar-refractivity contribution is 5.85. The van der Waals surface area contributed by atoms with Gasteiger partial charge in [0.2, 0.25) is 0 Å². The second-order valence-electron chi connectivity index (χ2n) is 6.21. The molecule has 0 bridgehead atoms. The number of carbonyl (C=O) groups excluding carboxylic acids is 1. The van der Waals surface area contributed by atoms with Crippen molar-refractivity contribution in [1.82, 2.24) is 14.1 Å². The SMILES string of the molecule is Cc1c(CCC(C=O)Cn2ccnc2C)n(C)c2ccccc12. The number of nitrogens with zero attached hydrogens (tertiary/aromatic N) is 3. The van der Waals surface area contributed by atoms with Crippen LogP contribution in [0.15, 0.2) is 36.7 Å². The number of aldehydes is 1. The second kappa shape index (κ2) is 6.41. The maximum atomic E-state index is 11.5. The quantitative estimate of drug-likeness (QED) is 0.654. The van der Waals surface area contributed by atoms with Crippen LogP contribution in [0.5, 0.6) is 0 Å². The summed E-state index contributed by atoms with van der Waals surface area (Å²) >= 11 is 0. The summed E-state index contributed by atoms with van der Waals surface area (Å²) in [6.45, 7) is 4.85. The van der Waals surface area contributed by atoms with Crippen molar-refractivity contribution in [1.29, 1.82) is 0 Å². The predicted octanol–water partition coefficient (Wildman–Crippen LogP) is 3.44. The maximum Gasteiger partial charge on any atom is 0.124 e. The first-order valence-electron chi connectivity index (χ1n) is 8.07. The molecule has 0 saturated heterocycles. The average molecular weight is 309 g/mol. The lowest BCUT2D eigenvalue weighted by Crippen LogP contribution is -2.14. The van der Waals surface area contributed by atoms with E-state index in [1.54, 1.807) is 6.20 Å². The third kappa shape index (κ3) is 2.93. The van der Waals surface area contributed by atoms with Gasteiger partial charge >= 0.3 is 0 Å². The molecule has 1 unspecified atom stereocenters. The Morgan fingerprint density at radius 3 is 2.70 bits per heavy atom. The standard InChI is InChI=1S/C19H23N3O/c1-14-17-6-4-5-7-19(17)21(3)18(14)9-8-16(13-23)12-22-11-10-20-15(22)2/h4-7,10-11,13,16H,8-9,12H2,1-3H3. The zero-order valence-electron chi connectivity index (χ0n) is 14.0. The predicted molar refractivity (Wildman–Crippen MR) is 92.5 cm³/mol. The van der Waals surface area contributed by atoms with E-state index in [1.807, 2.05) is 17.7 Å². The van der Waals surface area contributed by atoms with Crippen LogP contribution < -0.4 is 0 Å². The summed E-state index contributed by atoms with van der Waals surface area (Å²) in [5.74, 6) is 0.970. The highest BCUT2D eigenvalue weighted by atomic mass is 16.1. The number of para-hydroxylation sites is 1. The van der Waals surface area contributed by atoms with Crippen LogP contribution in [0, 0.1) is 19.8 Å². The van der Waals surface area contributed by atoms with Gasteiger partial charge in [0.1, 0.15) is 12.1 Å². The van der Waals surface area contributed by atoms with Gasteiger partial charge in [-0.2, -0.15) is 0 Å². The molecule has 0 spiro atoms. The molecule has 1 aromatic carbocycles. The van der Waals surface area contributed by atoms with E-state index in [0.717, 1.165) is 25.0 Å². The molecule has 1 atom stereocenters. The number of hydrogen-bond acceptors (Lipinski definition) is 2. The van der Waals surface area contributed by atoms with Gasteiger partial charge in [-0.25, -0.2) is 4.98 Å². The van der Waals surface area contributed by atoms with Crippen LogP contribution in [0.1, 0.15) is 23.5 Å². The molecule has 0 aliphatic carbocycles. The van der Waals surface area contributed by atoms with Crippen molar-refractivity contribution in [3.63, 3.8) is 0 Å². The van der Waals surface area contributed by atoms with E-state index < -0.39 is 0 Å². The Labute approximate surface area is 136 Å². The highest BCUT2D eigenvalue weighted by Gasteiger charge is 2.15. The summed E-state index contributed by atoms with van der Waals surface area (Å²) in [5, 5.41) is 1.30. The molecule has 3 rings (SSSR count). The monoisotopic (exact) mass is 309 g/mol. The van der Waals surface area contributed by atoms with Crippen molar-refractivity contribution in [2.45, 2.75) is 33.2 Å². The summed E-state index contributed by atoms with van der Waals surface area (Å²) in [5.41, 5.74) is 3.90. The van der Waals surface area contributed by atoms with Crippen LogP contribution in [-0.2, 0) is 24.8 Å². The highest BCUT2D eigenvalue weighted by Crippen LogP contribution is 2.26. The number of benzene rings is 1. The molecule has 0 saturated carbocycles. The lowest BCUT2D eigenvalue weighted by Gasteiger charge is -2.13. The number of fused-ring (bicyclic) bond motifs is 1. The summed E-state index contributed by atoms with van der Waals surface area (Å²) in [6.07, 6.45) is 6.57. The van der Waals surface area contributed by atoms with E-state index in [-0.39, 0.29) is 5.92 Å². The molecule has 0 N–H and O–H groups in total. The average Bonchev–Trinajstić information content (AvgIpc) is 3.07. The lowest BCUT2D eigenvalue weighted by molar-refractivity contribution is -0.111. The van der Waals surface area contributed by atoms with Gasteiger partial charge in [-0.15, -0.1) is 0 Å². The van der Waals surface area contributed by atoms with Gasteiger partial charge in [0.05, 0.1) is 0 Å². The van der Waals surface area contributed by atoms with Gasteiger partial charge in [0.25, 0.3) is 0 Å². The minimum absolute atomic E-state index is 0.0142. The third-order valence-electron chi connectivity index (χ3n) is 4.81. The molecule has 0 aliphatic heterocycles. The molecular weight excluding hydrogens is 286 g/mol. The zero-order valence-corrected chi connectivity index (χ0v) is 14.0. The van der Waals surface area contributed by atoms with Crippen molar-refractivity contribution < 1.29 is 4.79 Å². The van der Waals surface area contributed by atoms with Crippen molar-refractivity contribution in [2.75, 3.05) is 0 Å². The Bertz CT molecular complexity index is 789. The van der Waals surface area contributed by atoms with E-state index in [0.29, 0.717) is 6.54 Å². The second-order valence-corrected chi connectivity index (χ2v) is 6.21. The summed E-state index contributed by atoms with van der Waals surface area (Å²) < 4.78 is 4.31. The molecular formula is C19H23N3O. The van der Waals surface area contributed by atoms with E-state index in [2.05, 4.69) is 47.8 Å². The zero-order chi connectivity index (χ0) is 16.4.